The lowest BCUT2D eigenvalue weighted by Gasteiger charge is -2.22. The van der Waals surface area contributed by atoms with Crippen LogP contribution in [-0.4, -0.2) is 38.0 Å². The highest BCUT2D eigenvalue weighted by atomic mass is 127. The van der Waals surface area contributed by atoms with E-state index in [4.69, 9.17) is 4.42 Å². The fraction of sp³-hybridized carbons (Fsp3) is 0.556. The number of guanidine groups is 1. The number of halogens is 1. The van der Waals surface area contributed by atoms with Crippen LogP contribution in [-0.2, 0) is 11.2 Å². The lowest BCUT2D eigenvalue weighted by atomic mass is 9.92. The van der Waals surface area contributed by atoms with Gasteiger partial charge in [0.25, 0.3) is 0 Å². The molecule has 0 aliphatic heterocycles. The zero-order chi connectivity index (χ0) is 18.0. The molecular formula is C18H31IN4O2. The summed E-state index contributed by atoms with van der Waals surface area (Å²) >= 11 is 0. The Bertz CT molecular complexity index is 553. The van der Waals surface area contributed by atoms with Gasteiger partial charge in [-0.15, -0.1) is 24.0 Å². The lowest BCUT2D eigenvalue weighted by molar-refractivity contribution is -0.128. The van der Waals surface area contributed by atoms with Crippen LogP contribution >= 0.6 is 24.0 Å². The highest BCUT2D eigenvalue weighted by Crippen LogP contribution is 2.15. The molecule has 142 valence electrons. The molecule has 1 heterocycles. The maximum absolute atomic E-state index is 12.1. The third-order valence-corrected chi connectivity index (χ3v) is 3.39. The predicted molar refractivity (Wildman–Crippen MR) is 113 cm³/mol. The number of hydrogen-bond acceptors (Lipinski definition) is 3. The topological polar surface area (TPSA) is 78.7 Å². The Labute approximate surface area is 167 Å². The molecule has 1 amide bonds. The standard InChI is InChI=1S/C18H30N4O2.HI/c1-6-19-16(23)18(4,5)13-22-17(21-12-14(2)3)20-10-9-15-8-7-11-24-15;/h7-8,11H,2,6,9-10,12-13H2,1,3-5H3,(H,19,23)(H2,20,21,22);1H. The summed E-state index contributed by atoms with van der Waals surface area (Å²) in [7, 11) is 0. The van der Waals surface area contributed by atoms with E-state index in [0.717, 1.165) is 17.8 Å². The van der Waals surface area contributed by atoms with E-state index < -0.39 is 5.41 Å². The Balaban J connectivity index is 0.00000576. The number of aliphatic imine (C=N–C) groups is 1. The van der Waals surface area contributed by atoms with E-state index in [9.17, 15) is 4.79 Å². The van der Waals surface area contributed by atoms with E-state index in [1.165, 1.54) is 0 Å². The van der Waals surface area contributed by atoms with E-state index in [0.29, 0.717) is 32.1 Å². The molecule has 0 bridgehead atoms. The smallest absolute Gasteiger partial charge is 0.227 e. The third kappa shape index (κ3) is 9.52. The maximum atomic E-state index is 12.1. The van der Waals surface area contributed by atoms with Crippen molar-refractivity contribution in [1.29, 1.82) is 0 Å². The van der Waals surface area contributed by atoms with Gasteiger partial charge in [0, 0.05) is 26.1 Å². The summed E-state index contributed by atoms with van der Waals surface area (Å²) in [6.07, 6.45) is 2.43. The molecule has 0 aliphatic carbocycles. The van der Waals surface area contributed by atoms with Gasteiger partial charge in [-0.25, -0.2) is 0 Å². The highest BCUT2D eigenvalue weighted by molar-refractivity contribution is 14.0. The quantitative estimate of drug-likeness (QED) is 0.228. The van der Waals surface area contributed by atoms with Crippen LogP contribution in [0.3, 0.4) is 0 Å². The molecule has 0 radical (unpaired) electrons. The van der Waals surface area contributed by atoms with Gasteiger partial charge in [0.05, 0.1) is 18.2 Å². The van der Waals surface area contributed by atoms with Crippen molar-refractivity contribution in [2.45, 2.75) is 34.1 Å². The summed E-state index contributed by atoms with van der Waals surface area (Å²) in [5.41, 5.74) is 0.452. The second-order valence-electron chi connectivity index (χ2n) is 6.47. The number of nitrogens with zero attached hydrogens (tertiary/aromatic N) is 1. The van der Waals surface area contributed by atoms with Gasteiger partial charge in [0.15, 0.2) is 5.96 Å². The molecule has 3 N–H and O–H groups in total. The lowest BCUT2D eigenvalue weighted by Crippen LogP contribution is -2.42. The van der Waals surface area contributed by atoms with Crippen LogP contribution in [0.4, 0.5) is 0 Å². The monoisotopic (exact) mass is 462 g/mol. The van der Waals surface area contributed by atoms with E-state index in [-0.39, 0.29) is 29.9 Å². The van der Waals surface area contributed by atoms with Crippen molar-refractivity contribution in [1.82, 2.24) is 16.0 Å². The number of furan rings is 1. The summed E-state index contributed by atoms with van der Waals surface area (Å²) in [6, 6.07) is 3.82. The van der Waals surface area contributed by atoms with E-state index in [2.05, 4.69) is 27.5 Å². The van der Waals surface area contributed by atoms with Gasteiger partial charge in [0.2, 0.25) is 5.91 Å². The van der Waals surface area contributed by atoms with Crippen molar-refractivity contribution >= 4 is 35.8 Å². The first kappa shape index (κ1) is 23.5. The van der Waals surface area contributed by atoms with Crippen LogP contribution in [0.1, 0.15) is 33.5 Å². The molecule has 25 heavy (non-hydrogen) atoms. The van der Waals surface area contributed by atoms with Gasteiger partial charge in [-0.05, 0) is 39.8 Å². The minimum Gasteiger partial charge on any atom is -0.469 e. The van der Waals surface area contributed by atoms with Crippen LogP contribution in [0.15, 0.2) is 40.0 Å². The van der Waals surface area contributed by atoms with Crippen LogP contribution in [0.2, 0.25) is 0 Å². The van der Waals surface area contributed by atoms with E-state index in [1.54, 1.807) is 6.26 Å². The molecule has 1 aromatic rings. The molecule has 0 saturated heterocycles. The third-order valence-electron chi connectivity index (χ3n) is 3.39. The van der Waals surface area contributed by atoms with E-state index >= 15 is 0 Å². The average molecular weight is 462 g/mol. The fourth-order valence-electron chi connectivity index (χ4n) is 1.92. The Morgan fingerprint density at radius 3 is 2.60 bits per heavy atom. The summed E-state index contributed by atoms with van der Waals surface area (Å²) in [6.45, 7) is 13.9. The minimum atomic E-state index is -0.561. The number of carbonyl (C=O) groups is 1. The van der Waals surface area contributed by atoms with Gasteiger partial charge < -0.3 is 20.4 Å². The first-order valence-corrected chi connectivity index (χ1v) is 8.32. The predicted octanol–water partition coefficient (Wildman–Crippen LogP) is 2.71. The van der Waals surface area contributed by atoms with Gasteiger partial charge >= 0.3 is 0 Å². The largest absolute Gasteiger partial charge is 0.469 e. The molecule has 0 aromatic carbocycles. The number of rotatable bonds is 9. The van der Waals surface area contributed by atoms with Crippen molar-refractivity contribution in [3.8, 4) is 0 Å². The molecule has 0 fully saturated rings. The average Bonchev–Trinajstić information content (AvgIpc) is 3.02. The normalized spacial score (nSPS) is 11.4. The second kappa shape index (κ2) is 11.9. The Kier molecular flexibility index (Phi) is 11.2. The van der Waals surface area contributed by atoms with Crippen LogP contribution in [0.5, 0.6) is 0 Å². The van der Waals surface area contributed by atoms with Crippen molar-refractivity contribution < 1.29 is 9.21 Å². The minimum absolute atomic E-state index is 0. The Morgan fingerprint density at radius 1 is 1.32 bits per heavy atom. The van der Waals surface area contributed by atoms with Gasteiger partial charge in [-0.3, -0.25) is 9.79 Å². The number of carbonyl (C=O) groups excluding carboxylic acids is 1. The summed E-state index contributed by atoms with van der Waals surface area (Å²) in [5.74, 6) is 1.59. The Morgan fingerprint density at radius 2 is 2.04 bits per heavy atom. The zero-order valence-corrected chi connectivity index (χ0v) is 18.0. The second-order valence-corrected chi connectivity index (χ2v) is 6.47. The number of hydrogen-bond donors (Lipinski definition) is 3. The zero-order valence-electron chi connectivity index (χ0n) is 15.6. The number of nitrogens with one attached hydrogen (secondary N) is 3. The summed E-state index contributed by atoms with van der Waals surface area (Å²) < 4.78 is 5.32. The van der Waals surface area contributed by atoms with Crippen molar-refractivity contribution in [2.75, 3.05) is 26.2 Å². The molecular weight excluding hydrogens is 431 g/mol. The molecule has 7 heteroatoms. The molecule has 0 saturated carbocycles. The molecule has 0 atom stereocenters. The molecule has 6 nitrogen and oxygen atoms in total. The molecule has 1 aromatic heterocycles. The van der Waals surface area contributed by atoms with Gasteiger partial charge in [-0.2, -0.15) is 0 Å². The molecule has 0 spiro atoms. The molecule has 0 aliphatic rings. The summed E-state index contributed by atoms with van der Waals surface area (Å²) in [4.78, 5) is 16.6. The van der Waals surface area contributed by atoms with Crippen molar-refractivity contribution in [2.24, 2.45) is 10.4 Å². The maximum Gasteiger partial charge on any atom is 0.227 e. The van der Waals surface area contributed by atoms with Crippen LogP contribution < -0.4 is 16.0 Å². The van der Waals surface area contributed by atoms with Crippen molar-refractivity contribution in [3.05, 3.63) is 36.3 Å². The SMILES string of the molecule is C=C(C)CNC(=NCC(C)(C)C(=O)NCC)NCCc1ccco1.I. The van der Waals surface area contributed by atoms with E-state index in [1.807, 2.05) is 39.8 Å². The first-order valence-electron chi connectivity index (χ1n) is 8.32. The van der Waals surface area contributed by atoms with Crippen molar-refractivity contribution in [3.63, 3.8) is 0 Å². The summed E-state index contributed by atoms with van der Waals surface area (Å²) in [5, 5.41) is 9.33. The van der Waals surface area contributed by atoms with Gasteiger partial charge in [0.1, 0.15) is 5.76 Å². The van der Waals surface area contributed by atoms with Gasteiger partial charge in [-0.1, -0.05) is 12.2 Å². The Hall–Kier alpha value is -1.51. The first-order chi connectivity index (χ1) is 11.3. The molecule has 1 rings (SSSR count). The molecule has 0 unspecified atom stereocenters. The van der Waals surface area contributed by atoms with Crippen LogP contribution in [0, 0.1) is 5.41 Å². The highest BCUT2D eigenvalue weighted by Gasteiger charge is 2.26. The number of amides is 1. The van der Waals surface area contributed by atoms with Crippen LogP contribution in [0.25, 0.3) is 0 Å². The fourth-order valence-corrected chi connectivity index (χ4v) is 1.92.